The molecule has 0 bridgehead atoms. The zero-order valence-electron chi connectivity index (χ0n) is 16.0. The number of hydrogen-bond acceptors (Lipinski definition) is 5. The molecule has 2 aromatic rings. The van der Waals surface area contributed by atoms with Gasteiger partial charge in [0.1, 0.15) is 11.9 Å². The molecule has 0 unspecified atom stereocenters. The number of rotatable bonds is 5. The van der Waals surface area contributed by atoms with E-state index < -0.39 is 0 Å². The Hall–Kier alpha value is -2.41. The van der Waals surface area contributed by atoms with E-state index in [2.05, 4.69) is 10.1 Å². The van der Waals surface area contributed by atoms with Crippen molar-refractivity contribution in [3.63, 3.8) is 0 Å². The second-order valence-corrected chi connectivity index (χ2v) is 6.93. The lowest BCUT2D eigenvalue weighted by molar-refractivity contribution is -0.139. The summed E-state index contributed by atoms with van der Waals surface area (Å²) in [6.45, 7) is 3.70. The summed E-state index contributed by atoms with van der Waals surface area (Å²) in [4.78, 5) is 21.2. The van der Waals surface area contributed by atoms with Crippen molar-refractivity contribution in [2.45, 2.75) is 25.9 Å². The van der Waals surface area contributed by atoms with E-state index in [0.29, 0.717) is 26.1 Å². The third-order valence-corrected chi connectivity index (χ3v) is 4.69. The minimum absolute atomic E-state index is 0.158. The fourth-order valence-corrected chi connectivity index (χ4v) is 3.22. The molecule has 1 saturated heterocycles. The van der Waals surface area contributed by atoms with E-state index in [9.17, 15) is 4.79 Å². The second kappa shape index (κ2) is 7.86. The molecule has 7 heteroatoms. The van der Waals surface area contributed by atoms with Gasteiger partial charge in [-0.05, 0) is 31.0 Å². The molecule has 0 radical (unpaired) electrons. The molecule has 2 aromatic heterocycles. The van der Waals surface area contributed by atoms with Crippen molar-refractivity contribution >= 4 is 11.7 Å². The van der Waals surface area contributed by atoms with Crippen LogP contribution in [0.25, 0.3) is 0 Å². The number of nitrogens with zero attached hydrogens (tertiary/aromatic N) is 5. The van der Waals surface area contributed by atoms with Crippen molar-refractivity contribution in [1.29, 1.82) is 0 Å². The number of anilines is 1. The number of aryl methyl sites for hydroxylation is 3. The van der Waals surface area contributed by atoms with Gasteiger partial charge in [-0.3, -0.25) is 9.48 Å². The zero-order chi connectivity index (χ0) is 18.7. The molecular formula is C19H27N5O2. The van der Waals surface area contributed by atoms with E-state index in [-0.39, 0.29) is 12.0 Å². The third kappa shape index (κ3) is 4.22. The van der Waals surface area contributed by atoms with Gasteiger partial charge in [-0.15, -0.1) is 0 Å². The molecular weight excluding hydrogens is 330 g/mol. The third-order valence-electron chi connectivity index (χ3n) is 4.69. The summed E-state index contributed by atoms with van der Waals surface area (Å²) < 4.78 is 7.67. The molecule has 0 saturated carbocycles. The quantitative estimate of drug-likeness (QED) is 0.815. The van der Waals surface area contributed by atoms with Gasteiger partial charge in [0.05, 0.1) is 24.5 Å². The Morgan fingerprint density at radius 1 is 1.38 bits per heavy atom. The summed E-state index contributed by atoms with van der Waals surface area (Å²) in [5.74, 6) is 1.05. The van der Waals surface area contributed by atoms with Crippen LogP contribution >= 0.6 is 0 Å². The molecule has 0 aliphatic carbocycles. The molecule has 26 heavy (non-hydrogen) atoms. The maximum atomic E-state index is 12.7. The highest BCUT2D eigenvalue weighted by Crippen LogP contribution is 2.23. The number of amides is 1. The van der Waals surface area contributed by atoms with Crippen LogP contribution in [0.4, 0.5) is 5.82 Å². The molecule has 0 aromatic carbocycles. The standard InChI is InChI=1S/C19H27N5O2/c1-14-15(12-23(4)21-14)8-9-19(25)24-10-11-26-17(13-24)16-6-5-7-18(20-16)22(2)3/h5-7,12,17H,8-11,13H2,1-4H3/t17-/m1/s1. The molecule has 1 fully saturated rings. The van der Waals surface area contributed by atoms with Gasteiger partial charge in [0.15, 0.2) is 0 Å². The van der Waals surface area contributed by atoms with Gasteiger partial charge in [0.2, 0.25) is 5.91 Å². The van der Waals surface area contributed by atoms with Gasteiger partial charge < -0.3 is 14.5 Å². The summed E-state index contributed by atoms with van der Waals surface area (Å²) in [5, 5.41) is 4.34. The number of hydrogen-bond donors (Lipinski definition) is 0. The van der Waals surface area contributed by atoms with Gasteiger partial charge in [0, 0.05) is 40.3 Å². The van der Waals surface area contributed by atoms with Crippen molar-refractivity contribution in [2.24, 2.45) is 7.05 Å². The number of aromatic nitrogens is 3. The fourth-order valence-electron chi connectivity index (χ4n) is 3.22. The highest BCUT2D eigenvalue weighted by Gasteiger charge is 2.26. The van der Waals surface area contributed by atoms with Crippen molar-refractivity contribution in [3.8, 4) is 0 Å². The molecule has 7 nitrogen and oxygen atoms in total. The first kappa shape index (κ1) is 18.4. The monoisotopic (exact) mass is 357 g/mol. The molecule has 3 heterocycles. The smallest absolute Gasteiger partial charge is 0.223 e. The highest BCUT2D eigenvalue weighted by molar-refractivity contribution is 5.76. The normalized spacial score (nSPS) is 17.4. The van der Waals surface area contributed by atoms with Crippen LogP contribution in [0, 0.1) is 6.92 Å². The number of morpholine rings is 1. The molecule has 140 valence electrons. The molecule has 1 aliphatic heterocycles. The van der Waals surface area contributed by atoms with Crippen molar-refractivity contribution in [3.05, 3.63) is 41.3 Å². The maximum absolute atomic E-state index is 12.7. The summed E-state index contributed by atoms with van der Waals surface area (Å²) >= 11 is 0. The maximum Gasteiger partial charge on any atom is 0.223 e. The average Bonchev–Trinajstić information content (AvgIpc) is 2.97. The minimum Gasteiger partial charge on any atom is -0.368 e. The second-order valence-electron chi connectivity index (χ2n) is 6.93. The van der Waals surface area contributed by atoms with E-state index in [0.717, 1.165) is 29.2 Å². The molecule has 3 rings (SSSR count). The van der Waals surface area contributed by atoms with Gasteiger partial charge >= 0.3 is 0 Å². The van der Waals surface area contributed by atoms with Crippen LogP contribution in [0.5, 0.6) is 0 Å². The van der Waals surface area contributed by atoms with E-state index in [1.165, 1.54) is 0 Å². The van der Waals surface area contributed by atoms with Crippen molar-refractivity contribution in [1.82, 2.24) is 19.7 Å². The van der Waals surface area contributed by atoms with E-state index >= 15 is 0 Å². The highest BCUT2D eigenvalue weighted by atomic mass is 16.5. The largest absolute Gasteiger partial charge is 0.368 e. The fraction of sp³-hybridized carbons (Fsp3) is 0.526. The Bertz CT molecular complexity index is 771. The Morgan fingerprint density at radius 3 is 2.88 bits per heavy atom. The van der Waals surface area contributed by atoms with Crippen LogP contribution in [0.3, 0.4) is 0 Å². The SMILES string of the molecule is Cc1nn(C)cc1CCC(=O)N1CCO[C@@H](c2cccc(N(C)C)n2)C1. The number of ether oxygens (including phenoxy) is 1. The Labute approximate surface area is 154 Å². The van der Waals surface area contributed by atoms with Gasteiger partial charge in [-0.25, -0.2) is 4.98 Å². The Morgan fingerprint density at radius 2 is 2.19 bits per heavy atom. The number of carbonyl (C=O) groups is 1. The lowest BCUT2D eigenvalue weighted by atomic mass is 10.1. The van der Waals surface area contributed by atoms with Gasteiger partial charge in [0.25, 0.3) is 0 Å². The summed E-state index contributed by atoms with van der Waals surface area (Å²) in [6, 6.07) is 5.91. The van der Waals surface area contributed by atoms with Crippen LogP contribution in [-0.4, -0.2) is 59.4 Å². The van der Waals surface area contributed by atoms with Gasteiger partial charge in [-0.2, -0.15) is 5.10 Å². The minimum atomic E-state index is -0.173. The topological polar surface area (TPSA) is 63.5 Å². The summed E-state index contributed by atoms with van der Waals surface area (Å²) in [7, 11) is 5.83. The number of carbonyl (C=O) groups excluding carboxylic acids is 1. The van der Waals surface area contributed by atoms with Crippen LogP contribution < -0.4 is 4.90 Å². The van der Waals surface area contributed by atoms with Crippen LogP contribution in [0.2, 0.25) is 0 Å². The summed E-state index contributed by atoms with van der Waals surface area (Å²) in [6.07, 6.45) is 3.02. The lowest BCUT2D eigenvalue weighted by Gasteiger charge is -2.33. The first-order valence-corrected chi connectivity index (χ1v) is 8.97. The predicted octanol–water partition coefficient (Wildman–Crippen LogP) is 1.72. The molecule has 1 atom stereocenters. The van der Waals surface area contributed by atoms with E-state index in [1.54, 1.807) is 4.68 Å². The number of pyridine rings is 1. The molecule has 0 N–H and O–H groups in total. The Kier molecular flexibility index (Phi) is 5.56. The van der Waals surface area contributed by atoms with E-state index in [1.807, 2.05) is 62.3 Å². The van der Waals surface area contributed by atoms with Crippen molar-refractivity contribution in [2.75, 3.05) is 38.7 Å². The predicted molar refractivity (Wildman–Crippen MR) is 100 cm³/mol. The Balaban J connectivity index is 1.61. The van der Waals surface area contributed by atoms with Crippen LogP contribution in [0.1, 0.15) is 29.5 Å². The first-order valence-electron chi connectivity index (χ1n) is 8.97. The summed E-state index contributed by atoms with van der Waals surface area (Å²) in [5.41, 5.74) is 2.99. The molecule has 1 amide bonds. The van der Waals surface area contributed by atoms with Crippen LogP contribution in [0.15, 0.2) is 24.4 Å². The zero-order valence-corrected chi connectivity index (χ0v) is 16.0. The first-order chi connectivity index (χ1) is 12.4. The van der Waals surface area contributed by atoms with E-state index in [4.69, 9.17) is 4.74 Å². The van der Waals surface area contributed by atoms with Gasteiger partial charge in [-0.1, -0.05) is 6.07 Å². The molecule has 1 aliphatic rings. The van der Waals surface area contributed by atoms with Crippen molar-refractivity contribution < 1.29 is 9.53 Å². The molecule has 0 spiro atoms. The van der Waals surface area contributed by atoms with Crippen LogP contribution in [-0.2, 0) is 23.0 Å². The lowest BCUT2D eigenvalue weighted by Crippen LogP contribution is -2.42. The average molecular weight is 357 g/mol.